The maximum Gasteiger partial charge on any atom is 0.224 e. The summed E-state index contributed by atoms with van der Waals surface area (Å²) in [6.07, 6.45) is 1.36. The molecule has 5 heteroatoms. The van der Waals surface area contributed by atoms with E-state index in [-0.39, 0.29) is 11.9 Å². The molecule has 3 rings (SSSR count). The second kappa shape index (κ2) is 5.87. The summed E-state index contributed by atoms with van der Waals surface area (Å²) in [6, 6.07) is 8.32. The molecular weight excluding hydrogens is 284 g/mol. The van der Waals surface area contributed by atoms with Gasteiger partial charge in [0.15, 0.2) is 0 Å². The Morgan fingerprint density at radius 2 is 2.19 bits per heavy atom. The maximum atomic E-state index is 11.4. The van der Waals surface area contributed by atoms with Crippen molar-refractivity contribution >= 4 is 22.9 Å². The van der Waals surface area contributed by atoms with Gasteiger partial charge in [-0.05, 0) is 42.1 Å². The predicted octanol–water partition coefficient (Wildman–Crippen LogP) is 2.95. The number of hydrogen-bond donors (Lipinski definition) is 2. The number of amides is 1. The Balaban J connectivity index is 1.97. The summed E-state index contributed by atoms with van der Waals surface area (Å²) in [7, 11) is 3.64. The van der Waals surface area contributed by atoms with Crippen LogP contribution in [0.5, 0.6) is 5.75 Å². The number of carbonyl (C=O) groups is 1. The largest absolute Gasteiger partial charge is 0.496 e. The summed E-state index contributed by atoms with van der Waals surface area (Å²) in [4.78, 5) is 12.6. The Hall–Kier alpha value is -1.85. The predicted molar refractivity (Wildman–Crippen MR) is 85.2 cm³/mol. The summed E-state index contributed by atoms with van der Waals surface area (Å²) < 4.78 is 5.43. The van der Waals surface area contributed by atoms with Crippen molar-refractivity contribution in [1.82, 2.24) is 5.32 Å². The fourth-order valence-electron chi connectivity index (χ4n) is 2.72. The van der Waals surface area contributed by atoms with Crippen molar-refractivity contribution in [1.29, 1.82) is 0 Å². The maximum absolute atomic E-state index is 11.4. The van der Waals surface area contributed by atoms with Gasteiger partial charge in [-0.1, -0.05) is 12.1 Å². The monoisotopic (exact) mass is 302 g/mol. The summed E-state index contributed by atoms with van der Waals surface area (Å²) in [6.45, 7) is 0. The Bertz CT molecular complexity index is 666. The molecule has 1 unspecified atom stereocenters. The molecule has 1 aromatic heterocycles. The number of thiophene rings is 1. The van der Waals surface area contributed by atoms with E-state index in [1.54, 1.807) is 18.4 Å². The zero-order chi connectivity index (χ0) is 14.8. The lowest BCUT2D eigenvalue weighted by atomic mass is 9.96. The normalized spacial score (nSPS) is 15.2. The zero-order valence-corrected chi connectivity index (χ0v) is 12.9. The molecule has 1 aliphatic heterocycles. The van der Waals surface area contributed by atoms with Crippen molar-refractivity contribution in [2.24, 2.45) is 0 Å². The first-order chi connectivity index (χ1) is 10.2. The van der Waals surface area contributed by atoms with E-state index in [4.69, 9.17) is 4.74 Å². The Morgan fingerprint density at radius 1 is 1.33 bits per heavy atom. The van der Waals surface area contributed by atoms with E-state index >= 15 is 0 Å². The van der Waals surface area contributed by atoms with Crippen LogP contribution < -0.4 is 15.4 Å². The smallest absolute Gasteiger partial charge is 0.224 e. The number of nitrogens with one attached hydrogen (secondary N) is 2. The van der Waals surface area contributed by atoms with Gasteiger partial charge in [0.05, 0.1) is 18.0 Å². The number of rotatable bonds is 4. The van der Waals surface area contributed by atoms with Gasteiger partial charge in [-0.25, -0.2) is 0 Å². The summed E-state index contributed by atoms with van der Waals surface area (Å²) in [5.41, 5.74) is 3.32. The minimum Gasteiger partial charge on any atom is -0.496 e. The third-order valence-corrected chi connectivity index (χ3v) is 4.75. The molecule has 0 spiro atoms. The molecule has 21 heavy (non-hydrogen) atoms. The summed E-state index contributed by atoms with van der Waals surface area (Å²) >= 11 is 1.68. The highest BCUT2D eigenvalue weighted by Crippen LogP contribution is 2.36. The highest BCUT2D eigenvalue weighted by Gasteiger charge is 2.21. The van der Waals surface area contributed by atoms with Crippen LogP contribution in [0.2, 0.25) is 0 Å². The standard InChI is InChI=1S/C16H18N2O2S/c1-17-15(16-13(20-2)7-8-21-16)11-3-5-12-10(9-11)4-6-14(19)18-12/h3,5,7-9,15,17H,4,6H2,1-2H3,(H,18,19). The Kier molecular flexibility index (Phi) is 3.94. The van der Waals surface area contributed by atoms with Crippen molar-refractivity contribution in [3.63, 3.8) is 0 Å². The molecule has 1 aromatic carbocycles. The van der Waals surface area contributed by atoms with E-state index in [2.05, 4.69) is 22.8 Å². The second-order valence-electron chi connectivity index (χ2n) is 5.04. The van der Waals surface area contributed by atoms with E-state index in [0.29, 0.717) is 6.42 Å². The van der Waals surface area contributed by atoms with Crippen LogP contribution in [0.15, 0.2) is 29.6 Å². The highest BCUT2D eigenvalue weighted by molar-refractivity contribution is 7.10. The van der Waals surface area contributed by atoms with E-state index in [0.717, 1.165) is 17.9 Å². The van der Waals surface area contributed by atoms with Gasteiger partial charge in [-0.2, -0.15) is 0 Å². The Morgan fingerprint density at radius 3 is 2.95 bits per heavy atom. The molecule has 4 nitrogen and oxygen atoms in total. The molecular formula is C16H18N2O2S. The van der Waals surface area contributed by atoms with Gasteiger partial charge < -0.3 is 15.4 Å². The van der Waals surface area contributed by atoms with Crippen LogP contribution in [0.3, 0.4) is 0 Å². The molecule has 2 heterocycles. The number of methoxy groups -OCH3 is 1. The van der Waals surface area contributed by atoms with Crippen molar-refractivity contribution in [2.45, 2.75) is 18.9 Å². The zero-order valence-electron chi connectivity index (χ0n) is 12.1. The molecule has 0 aliphatic carbocycles. The summed E-state index contributed by atoms with van der Waals surface area (Å²) in [5.74, 6) is 1.01. The van der Waals surface area contributed by atoms with Crippen molar-refractivity contribution in [3.05, 3.63) is 45.6 Å². The molecule has 110 valence electrons. The lowest BCUT2D eigenvalue weighted by Gasteiger charge is -2.21. The van der Waals surface area contributed by atoms with Crippen LogP contribution >= 0.6 is 11.3 Å². The third-order valence-electron chi connectivity index (χ3n) is 3.79. The van der Waals surface area contributed by atoms with E-state index in [9.17, 15) is 4.79 Å². The minimum atomic E-state index is 0.0975. The van der Waals surface area contributed by atoms with Gasteiger partial charge in [0.2, 0.25) is 5.91 Å². The van der Waals surface area contributed by atoms with Gasteiger partial charge in [0.25, 0.3) is 0 Å². The second-order valence-corrected chi connectivity index (χ2v) is 5.99. The van der Waals surface area contributed by atoms with Crippen molar-refractivity contribution < 1.29 is 9.53 Å². The molecule has 0 bridgehead atoms. The van der Waals surface area contributed by atoms with Gasteiger partial charge in [-0.3, -0.25) is 4.79 Å². The van der Waals surface area contributed by atoms with Gasteiger partial charge in [0, 0.05) is 12.1 Å². The van der Waals surface area contributed by atoms with Crippen LogP contribution in [0.4, 0.5) is 5.69 Å². The number of carbonyl (C=O) groups excluding carboxylic acids is 1. The molecule has 2 aromatic rings. The number of hydrogen-bond acceptors (Lipinski definition) is 4. The molecule has 0 fully saturated rings. The van der Waals surface area contributed by atoms with Crippen LogP contribution in [0.1, 0.15) is 28.5 Å². The number of benzene rings is 1. The average molecular weight is 302 g/mol. The molecule has 0 saturated heterocycles. The van der Waals surface area contributed by atoms with Gasteiger partial charge in [-0.15, -0.1) is 11.3 Å². The minimum absolute atomic E-state index is 0.0975. The molecule has 0 radical (unpaired) electrons. The number of anilines is 1. The summed E-state index contributed by atoms with van der Waals surface area (Å²) in [5, 5.41) is 8.31. The van der Waals surface area contributed by atoms with Crippen molar-refractivity contribution in [2.75, 3.05) is 19.5 Å². The van der Waals surface area contributed by atoms with Crippen LogP contribution in [-0.2, 0) is 11.2 Å². The molecule has 1 atom stereocenters. The Labute approximate surface area is 128 Å². The van der Waals surface area contributed by atoms with E-state index < -0.39 is 0 Å². The molecule has 1 amide bonds. The first kappa shape index (κ1) is 14.1. The van der Waals surface area contributed by atoms with Crippen molar-refractivity contribution in [3.8, 4) is 5.75 Å². The number of aryl methyl sites for hydroxylation is 1. The van der Waals surface area contributed by atoms with Gasteiger partial charge >= 0.3 is 0 Å². The van der Waals surface area contributed by atoms with Crippen LogP contribution in [0, 0.1) is 0 Å². The third kappa shape index (κ3) is 2.66. The topological polar surface area (TPSA) is 50.4 Å². The van der Waals surface area contributed by atoms with Crippen LogP contribution in [0.25, 0.3) is 0 Å². The molecule has 0 saturated carbocycles. The first-order valence-electron chi connectivity index (χ1n) is 6.94. The lowest BCUT2D eigenvalue weighted by molar-refractivity contribution is -0.116. The first-order valence-corrected chi connectivity index (χ1v) is 7.82. The fraction of sp³-hybridized carbons (Fsp3) is 0.312. The van der Waals surface area contributed by atoms with E-state index in [1.807, 2.05) is 24.6 Å². The molecule has 2 N–H and O–H groups in total. The number of ether oxygens (including phenoxy) is 1. The quantitative estimate of drug-likeness (QED) is 0.913. The number of fused-ring (bicyclic) bond motifs is 1. The lowest BCUT2D eigenvalue weighted by Crippen LogP contribution is -2.21. The van der Waals surface area contributed by atoms with Gasteiger partial charge in [0.1, 0.15) is 5.75 Å². The van der Waals surface area contributed by atoms with Crippen LogP contribution in [-0.4, -0.2) is 20.1 Å². The SMILES string of the molecule is CNC(c1ccc2c(c1)CCC(=O)N2)c1sccc1OC. The van der Waals surface area contributed by atoms with E-state index in [1.165, 1.54) is 16.0 Å². The average Bonchev–Trinajstić information content (AvgIpc) is 2.96. The molecule has 1 aliphatic rings. The fourth-order valence-corrected chi connectivity index (χ4v) is 3.72. The highest BCUT2D eigenvalue weighted by atomic mass is 32.1.